The lowest BCUT2D eigenvalue weighted by Crippen LogP contribution is -2.17. The highest BCUT2D eigenvalue weighted by Crippen LogP contribution is 2.26. The normalized spacial score (nSPS) is 14.4. The minimum atomic E-state index is -1.15. The molecule has 0 saturated heterocycles. The molecule has 0 radical (unpaired) electrons. The highest BCUT2D eigenvalue weighted by atomic mass is 32.2. The molecule has 0 amide bonds. The van der Waals surface area contributed by atoms with E-state index >= 15 is 0 Å². The third-order valence-corrected chi connectivity index (χ3v) is 3.81. The van der Waals surface area contributed by atoms with Gasteiger partial charge in [-0.05, 0) is 19.1 Å². The molecule has 0 spiro atoms. The predicted molar refractivity (Wildman–Crippen MR) is 65.2 cm³/mol. The van der Waals surface area contributed by atoms with Gasteiger partial charge >= 0.3 is 0 Å². The maximum atomic E-state index is 12.1. The van der Waals surface area contributed by atoms with Crippen molar-refractivity contribution in [3.05, 3.63) is 18.2 Å². The molecule has 1 rings (SSSR count). The van der Waals surface area contributed by atoms with E-state index in [-0.39, 0.29) is 5.25 Å². The van der Waals surface area contributed by atoms with E-state index in [0.717, 1.165) is 0 Å². The second-order valence-corrected chi connectivity index (χ2v) is 5.31. The van der Waals surface area contributed by atoms with Gasteiger partial charge in [-0.25, -0.2) is 0 Å². The number of rotatable bonds is 5. The second kappa shape index (κ2) is 5.86. The number of anilines is 1. The Morgan fingerprint density at radius 3 is 2.69 bits per heavy atom. The van der Waals surface area contributed by atoms with Gasteiger partial charge in [0.25, 0.3) is 0 Å². The number of benzene rings is 1. The van der Waals surface area contributed by atoms with Crippen LogP contribution in [0.25, 0.3) is 0 Å². The molecule has 16 heavy (non-hydrogen) atoms. The van der Waals surface area contributed by atoms with E-state index in [0.29, 0.717) is 22.9 Å². The highest BCUT2D eigenvalue weighted by molar-refractivity contribution is 7.85. The first kappa shape index (κ1) is 13.0. The zero-order valence-corrected chi connectivity index (χ0v) is 10.5. The van der Waals surface area contributed by atoms with Crippen molar-refractivity contribution >= 4 is 16.5 Å². The Kier molecular flexibility index (Phi) is 4.76. The molecule has 1 aromatic rings. The molecule has 0 fully saturated rings. The fourth-order valence-electron chi connectivity index (χ4n) is 1.36. The Morgan fingerprint density at radius 2 is 2.12 bits per heavy atom. The Hall–Kier alpha value is -1.07. The van der Waals surface area contributed by atoms with Crippen molar-refractivity contribution in [3.63, 3.8) is 0 Å². The van der Waals surface area contributed by atoms with Crippen LogP contribution < -0.4 is 10.5 Å². The average Bonchev–Trinajstić information content (AvgIpc) is 2.28. The number of nitrogens with two attached hydrogens (primary N) is 1. The number of methoxy groups -OCH3 is 2. The molecule has 2 unspecified atom stereocenters. The van der Waals surface area contributed by atoms with Crippen molar-refractivity contribution in [1.82, 2.24) is 0 Å². The van der Waals surface area contributed by atoms with Crippen LogP contribution in [0.2, 0.25) is 0 Å². The SMILES string of the molecule is COCC(C)S(=O)c1ccc(N)cc1OC. The molecule has 4 nitrogen and oxygen atoms in total. The molecule has 0 aromatic heterocycles. The third-order valence-electron chi connectivity index (χ3n) is 2.17. The van der Waals surface area contributed by atoms with Crippen molar-refractivity contribution in [2.24, 2.45) is 0 Å². The largest absolute Gasteiger partial charge is 0.495 e. The van der Waals surface area contributed by atoms with E-state index in [1.165, 1.54) is 7.11 Å². The lowest BCUT2D eigenvalue weighted by atomic mass is 10.3. The summed E-state index contributed by atoms with van der Waals surface area (Å²) in [6.45, 7) is 2.32. The summed E-state index contributed by atoms with van der Waals surface area (Å²) in [4.78, 5) is 0.654. The summed E-state index contributed by atoms with van der Waals surface area (Å²) in [5.41, 5.74) is 6.23. The van der Waals surface area contributed by atoms with Gasteiger partial charge in [0.05, 0.1) is 34.7 Å². The first-order valence-electron chi connectivity index (χ1n) is 4.93. The molecule has 0 heterocycles. The van der Waals surface area contributed by atoms with Crippen molar-refractivity contribution in [3.8, 4) is 5.75 Å². The van der Waals surface area contributed by atoms with Crippen LogP contribution in [0.1, 0.15) is 6.92 Å². The molecule has 2 atom stereocenters. The van der Waals surface area contributed by atoms with Crippen LogP contribution in [0.4, 0.5) is 5.69 Å². The smallest absolute Gasteiger partial charge is 0.137 e. The van der Waals surface area contributed by atoms with Gasteiger partial charge in [-0.2, -0.15) is 0 Å². The predicted octanol–water partition coefficient (Wildman–Crippen LogP) is 1.42. The monoisotopic (exact) mass is 243 g/mol. The van der Waals surface area contributed by atoms with Crippen molar-refractivity contribution < 1.29 is 13.7 Å². The molecule has 0 bridgehead atoms. The molecule has 0 saturated carbocycles. The molecule has 0 aliphatic heterocycles. The van der Waals surface area contributed by atoms with Crippen LogP contribution in [-0.2, 0) is 15.5 Å². The van der Waals surface area contributed by atoms with Crippen LogP contribution in [0.15, 0.2) is 23.1 Å². The number of hydrogen-bond acceptors (Lipinski definition) is 4. The van der Waals surface area contributed by atoms with E-state index in [1.54, 1.807) is 25.3 Å². The first-order valence-corrected chi connectivity index (χ1v) is 6.14. The Labute approximate surface area is 98.2 Å². The molecule has 0 aliphatic carbocycles. The summed E-state index contributed by atoms with van der Waals surface area (Å²) in [6.07, 6.45) is 0. The molecule has 2 N–H and O–H groups in total. The van der Waals surface area contributed by atoms with Crippen LogP contribution in [0.5, 0.6) is 5.75 Å². The fourth-order valence-corrected chi connectivity index (χ4v) is 2.60. The van der Waals surface area contributed by atoms with E-state index in [9.17, 15) is 4.21 Å². The fraction of sp³-hybridized carbons (Fsp3) is 0.455. The standard InChI is InChI=1S/C11H17NO3S/c1-8(7-14-2)16(13)11-5-4-9(12)6-10(11)15-3/h4-6,8H,7,12H2,1-3H3. The van der Waals surface area contributed by atoms with Gasteiger partial charge in [0.15, 0.2) is 0 Å². The Balaban J connectivity index is 2.98. The summed E-state index contributed by atoms with van der Waals surface area (Å²) < 4.78 is 22.3. The topological polar surface area (TPSA) is 61.5 Å². The minimum absolute atomic E-state index is 0.0810. The lowest BCUT2D eigenvalue weighted by molar-refractivity contribution is 0.201. The van der Waals surface area contributed by atoms with E-state index in [1.807, 2.05) is 6.92 Å². The maximum absolute atomic E-state index is 12.1. The Morgan fingerprint density at radius 1 is 1.44 bits per heavy atom. The first-order chi connectivity index (χ1) is 7.60. The van der Waals surface area contributed by atoms with E-state index < -0.39 is 10.8 Å². The van der Waals surface area contributed by atoms with E-state index in [2.05, 4.69) is 0 Å². The van der Waals surface area contributed by atoms with E-state index in [4.69, 9.17) is 15.2 Å². The van der Waals surface area contributed by atoms with Gasteiger partial charge in [0.1, 0.15) is 5.75 Å². The Bertz CT molecular complexity index is 381. The molecular weight excluding hydrogens is 226 g/mol. The number of hydrogen-bond donors (Lipinski definition) is 1. The maximum Gasteiger partial charge on any atom is 0.137 e. The number of ether oxygens (including phenoxy) is 2. The van der Waals surface area contributed by atoms with Gasteiger partial charge in [-0.3, -0.25) is 4.21 Å². The van der Waals surface area contributed by atoms with Crippen LogP contribution >= 0.6 is 0 Å². The number of nitrogen functional groups attached to an aromatic ring is 1. The van der Waals surface area contributed by atoms with Gasteiger partial charge in [-0.15, -0.1) is 0 Å². The summed E-state index contributed by atoms with van der Waals surface area (Å²) >= 11 is 0. The van der Waals surface area contributed by atoms with Crippen LogP contribution in [-0.4, -0.2) is 30.3 Å². The van der Waals surface area contributed by atoms with Crippen molar-refractivity contribution in [2.75, 3.05) is 26.6 Å². The second-order valence-electron chi connectivity index (χ2n) is 3.47. The quantitative estimate of drug-likeness (QED) is 0.794. The summed E-state index contributed by atoms with van der Waals surface area (Å²) in [7, 11) is 1.98. The van der Waals surface area contributed by atoms with Crippen molar-refractivity contribution in [2.45, 2.75) is 17.1 Å². The van der Waals surface area contributed by atoms with Gasteiger partial charge in [-0.1, -0.05) is 0 Å². The van der Waals surface area contributed by atoms with Crippen LogP contribution in [0, 0.1) is 0 Å². The average molecular weight is 243 g/mol. The summed E-state index contributed by atoms with van der Waals surface area (Å²) in [5, 5.41) is -0.0810. The molecule has 90 valence electrons. The van der Waals surface area contributed by atoms with Crippen LogP contribution in [0.3, 0.4) is 0 Å². The summed E-state index contributed by atoms with van der Waals surface area (Å²) in [5.74, 6) is 0.557. The zero-order chi connectivity index (χ0) is 12.1. The van der Waals surface area contributed by atoms with Gasteiger partial charge < -0.3 is 15.2 Å². The minimum Gasteiger partial charge on any atom is -0.495 e. The molecule has 1 aromatic carbocycles. The van der Waals surface area contributed by atoms with Gasteiger partial charge in [0.2, 0.25) is 0 Å². The summed E-state index contributed by atoms with van der Waals surface area (Å²) in [6, 6.07) is 5.12. The molecule has 0 aliphatic rings. The third kappa shape index (κ3) is 2.96. The zero-order valence-electron chi connectivity index (χ0n) is 9.73. The lowest BCUT2D eigenvalue weighted by Gasteiger charge is -2.13. The van der Waals surface area contributed by atoms with Gasteiger partial charge in [0, 0.05) is 18.9 Å². The molecule has 5 heteroatoms. The highest BCUT2D eigenvalue weighted by Gasteiger charge is 2.17. The van der Waals surface area contributed by atoms with Crippen molar-refractivity contribution in [1.29, 1.82) is 0 Å². The molecular formula is C11H17NO3S.